The first-order valence-corrected chi connectivity index (χ1v) is 5.14. The van der Waals surface area contributed by atoms with E-state index in [0.29, 0.717) is 6.54 Å². The number of carbonyl (C=O) groups is 1. The Morgan fingerprint density at radius 1 is 1.53 bits per heavy atom. The minimum absolute atomic E-state index is 0.0263. The van der Waals surface area contributed by atoms with Gasteiger partial charge in [0.15, 0.2) is 0 Å². The first kappa shape index (κ1) is 11.8. The minimum atomic E-state index is -0.0263. The quantitative estimate of drug-likeness (QED) is 0.839. The topological polar surface area (TPSA) is 29.1 Å². The van der Waals surface area contributed by atoms with E-state index in [1.807, 2.05) is 37.3 Å². The summed E-state index contributed by atoms with van der Waals surface area (Å²) < 4.78 is 0. The number of hydrogen-bond acceptors (Lipinski definition) is 1. The first-order chi connectivity index (χ1) is 7.09. The predicted molar refractivity (Wildman–Crippen MR) is 63.9 cm³/mol. The minimum Gasteiger partial charge on any atom is -0.353 e. The average Bonchev–Trinajstić information content (AvgIpc) is 2.18. The average molecular weight is 224 g/mol. The van der Waals surface area contributed by atoms with Crippen LogP contribution in [0.2, 0.25) is 5.02 Å². The Hall–Kier alpha value is -1.28. The van der Waals surface area contributed by atoms with Crippen molar-refractivity contribution in [1.29, 1.82) is 0 Å². The Labute approximate surface area is 94.9 Å². The van der Waals surface area contributed by atoms with E-state index in [9.17, 15) is 4.79 Å². The molecular formula is C12H14ClNO. The van der Waals surface area contributed by atoms with Crippen LogP contribution >= 0.6 is 11.6 Å². The Balaban J connectivity index is 2.57. The molecule has 0 heterocycles. The molecule has 3 heteroatoms. The van der Waals surface area contributed by atoms with Gasteiger partial charge in [0.2, 0.25) is 5.91 Å². The van der Waals surface area contributed by atoms with E-state index < -0.39 is 0 Å². The Bertz CT molecular complexity index is 385. The van der Waals surface area contributed by atoms with Crippen molar-refractivity contribution >= 4 is 23.6 Å². The van der Waals surface area contributed by atoms with Crippen LogP contribution in [0.4, 0.5) is 0 Å². The molecule has 1 rings (SSSR count). The Morgan fingerprint density at radius 2 is 2.27 bits per heavy atom. The van der Waals surface area contributed by atoms with Gasteiger partial charge >= 0.3 is 0 Å². The normalized spacial score (nSPS) is 10.6. The van der Waals surface area contributed by atoms with Gasteiger partial charge in [0.1, 0.15) is 0 Å². The molecule has 0 aliphatic rings. The highest BCUT2D eigenvalue weighted by Gasteiger charge is 1.94. The number of aryl methyl sites for hydroxylation is 1. The van der Waals surface area contributed by atoms with Crippen LogP contribution in [0.15, 0.2) is 24.3 Å². The van der Waals surface area contributed by atoms with Crippen molar-refractivity contribution in [2.24, 2.45) is 0 Å². The Morgan fingerprint density at radius 3 is 2.87 bits per heavy atom. The third kappa shape index (κ3) is 4.17. The van der Waals surface area contributed by atoms with Gasteiger partial charge in [-0.2, -0.15) is 0 Å². The summed E-state index contributed by atoms with van der Waals surface area (Å²) >= 11 is 5.97. The van der Waals surface area contributed by atoms with Crippen LogP contribution < -0.4 is 5.32 Å². The molecule has 1 aromatic rings. The second-order valence-corrected chi connectivity index (χ2v) is 3.76. The largest absolute Gasteiger partial charge is 0.353 e. The molecule has 0 radical (unpaired) electrons. The zero-order chi connectivity index (χ0) is 11.3. The van der Waals surface area contributed by atoms with Crippen molar-refractivity contribution in [1.82, 2.24) is 5.32 Å². The zero-order valence-electron chi connectivity index (χ0n) is 8.88. The molecule has 2 nitrogen and oxygen atoms in total. The highest BCUT2D eigenvalue weighted by Crippen LogP contribution is 2.17. The molecule has 0 unspecified atom stereocenters. The second kappa shape index (κ2) is 5.56. The van der Waals surface area contributed by atoms with Crippen molar-refractivity contribution in [3.8, 4) is 0 Å². The molecule has 0 spiro atoms. The molecule has 0 bridgehead atoms. The van der Waals surface area contributed by atoms with Gasteiger partial charge in [-0.3, -0.25) is 4.79 Å². The smallest absolute Gasteiger partial charge is 0.217 e. The Kier molecular flexibility index (Phi) is 4.37. The SMILES string of the molecule is CC(=O)NCC=Cc1ccc(C)c(Cl)c1. The number of amides is 1. The van der Waals surface area contributed by atoms with Crippen molar-refractivity contribution in [3.05, 3.63) is 40.4 Å². The van der Waals surface area contributed by atoms with Crippen LogP contribution in [0.5, 0.6) is 0 Å². The van der Waals surface area contributed by atoms with Gasteiger partial charge < -0.3 is 5.32 Å². The molecule has 1 aromatic carbocycles. The molecule has 15 heavy (non-hydrogen) atoms. The predicted octanol–water partition coefficient (Wildman–Crippen LogP) is 2.80. The van der Waals surface area contributed by atoms with Gasteiger partial charge in [0.25, 0.3) is 0 Å². The summed E-state index contributed by atoms with van der Waals surface area (Å²) in [5.74, 6) is -0.0263. The van der Waals surface area contributed by atoms with E-state index in [1.54, 1.807) is 0 Å². The van der Waals surface area contributed by atoms with Gasteiger partial charge in [0.05, 0.1) is 0 Å². The van der Waals surface area contributed by atoms with Gasteiger partial charge in [0, 0.05) is 18.5 Å². The van der Waals surface area contributed by atoms with E-state index >= 15 is 0 Å². The molecule has 1 N–H and O–H groups in total. The lowest BCUT2D eigenvalue weighted by Gasteiger charge is -1.99. The molecule has 1 amide bonds. The van der Waals surface area contributed by atoms with Crippen LogP contribution in [0, 0.1) is 6.92 Å². The number of benzene rings is 1. The van der Waals surface area contributed by atoms with Crippen molar-refractivity contribution in [2.45, 2.75) is 13.8 Å². The van der Waals surface area contributed by atoms with Crippen LogP contribution in [0.1, 0.15) is 18.1 Å². The van der Waals surface area contributed by atoms with Crippen molar-refractivity contribution in [3.63, 3.8) is 0 Å². The van der Waals surface area contributed by atoms with Crippen molar-refractivity contribution < 1.29 is 4.79 Å². The van der Waals surface area contributed by atoms with Gasteiger partial charge in [-0.1, -0.05) is 35.9 Å². The van der Waals surface area contributed by atoms with E-state index in [2.05, 4.69) is 5.32 Å². The van der Waals surface area contributed by atoms with Gasteiger partial charge in [-0.25, -0.2) is 0 Å². The highest BCUT2D eigenvalue weighted by molar-refractivity contribution is 6.31. The third-order valence-corrected chi connectivity index (χ3v) is 2.38. The van der Waals surface area contributed by atoms with Gasteiger partial charge in [-0.15, -0.1) is 0 Å². The van der Waals surface area contributed by atoms with Crippen LogP contribution in [-0.2, 0) is 4.79 Å². The molecule has 0 fully saturated rings. The first-order valence-electron chi connectivity index (χ1n) is 4.76. The molecule has 0 saturated carbocycles. The summed E-state index contributed by atoms with van der Waals surface area (Å²) in [4.78, 5) is 10.6. The van der Waals surface area contributed by atoms with Crippen LogP contribution in [0.25, 0.3) is 6.08 Å². The third-order valence-electron chi connectivity index (χ3n) is 1.98. The molecular weight excluding hydrogens is 210 g/mol. The van der Waals surface area contributed by atoms with Crippen LogP contribution in [-0.4, -0.2) is 12.5 Å². The van der Waals surface area contributed by atoms with Crippen molar-refractivity contribution in [2.75, 3.05) is 6.54 Å². The maximum Gasteiger partial charge on any atom is 0.217 e. The monoisotopic (exact) mass is 223 g/mol. The lowest BCUT2D eigenvalue weighted by Crippen LogP contribution is -2.19. The fourth-order valence-corrected chi connectivity index (χ4v) is 1.30. The van der Waals surface area contributed by atoms with Crippen LogP contribution in [0.3, 0.4) is 0 Å². The summed E-state index contributed by atoms with van der Waals surface area (Å²) in [6, 6.07) is 5.87. The molecule has 0 aliphatic carbocycles. The molecule has 0 aliphatic heterocycles. The number of rotatable bonds is 3. The standard InChI is InChI=1S/C12H14ClNO/c1-9-5-6-11(8-12(9)13)4-3-7-14-10(2)15/h3-6,8H,7H2,1-2H3,(H,14,15). The molecule has 80 valence electrons. The summed E-state index contributed by atoms with van der Waals surface area (Å²) in [6.07, 6.45) is 3.82. The lowest BCUT2D eigenvalue weighted by atomic mass is 10.1. The molecule has 0 atom stereocenters. The maximum absolute atomic E-state index is 10.6. The summed E-state index contributed by atoms with van der Waals surface area (Å²) in [5, 5.41) is 3.44. The molecule has 0 saturated heterocycles. The lowest BCUT2D eigenvalue weighted by molar-refractivity contribution is -0.118. The number of carbonyl (C=O) groups excluding carboxylic acids is 1. The second-order valence-electron chi connectivity index (χ2n) is 3.35. The van der Waals surface area contributed by atoms with E-state index in [1.165, 1.54) is 6.92 Å². The summed E-state index contributed by atoms with van der Waals surface area (Å²) in [5.41, 5.74) is 2.10. The number of halogens is 1. The zero-order valence-corrected chi connectivity index (χ0v) is 9.64. The van der Waals surface area contributed by atoms with E-state index in [-0.39, 0.29) is 5.91 Å². The fraction of sp³-hybridized carbons (Fsp3) is 0.250. The summed E-state index contributed by atoms with van der Waals surface area (Å²) in [6.45, 7) is 4.00. The van der Waals surface area contributed by atoms with E-state index in [0.717, 1.165) is 16.1 Å². The molecule has 0 aromatic heterocycles. The number of nitrogens with one attached hydrogen (secondary N) is 1. The summed E-state index contributed by atoms with van der Waals surface area (Å²) in [7, 11) is 0. The van der Waals surface area contributed by atoms with Gasteiger partial charge in [-0.05, 0) is 24.1 Å². The maximum atomic E-state index is 10.6. The fourth-order valence-electron chi connectivity index (χ4n) is 1.11. The number of hydrogen-bond donors (Lipinski definition) is 1. The highest BCUT2D eigenvalue weighted by atomic mass is 35.5. The van der Waals surface area contributed by atoms with E-state index in [4.69, 9.17) is 11.6 Å².